The van der Waals surface area contributed by atoms with Gasteiger partial charge in [-0.15, -0.1) is 0 Å². The van der Waals surface area contributed by atoms with E-state index < -0.39 is 0 Å². The van der Waals surface area contributed by atoms with Gasteiger partial charge < -0.3 is 10.3 Å². The molecule has 0 saturated carbocycles. The van der Waals surface area contributed by atoms with Crippen molar-refractivity contribution < 1.29 is 0 Å². The van der Waals surface area contributed by atoms with Gasteiger partial charge in [-0.25, -0.2) is 0 Å². The number of likely N-dealkylation sites (tertiary alicyclic amines) is 1. The highest BCUT2D eigenvalue weighted by Gasteiger charge is 2.23. The first kappa shape index (κ1) is 15.6. The number of benzene rings is 1. The molecule has 1 aromatic rings. The molecule has 0 aromatic heterocycles. The SMILES string of the molecule is C=C(C)C1CCC/C(=N/NC(C)c2ccc(C)cc2)N1C. The van der Waals surface area contributed by atoms with Crippen molar-refractivity contribution in [2.24, 2.45) is 5.10 Å². The third-order valence-corrected chi connectivity index (χ3v) is 4.29. The van der Waals surface area contributed by atoms with Crippen LogP contribution in [0.4, 0.5) is 0 Å². The first-order valence-electron chi connectivity index (χ1n) is 7.76. The van der Waals surface area contributed by atoms with Gasteiger partial charge in [0.25, 0.3) is 0 Å². The molecule has 0 spiro atoms. The van der Waals surface area contributed by atoms with Gasteiger partial charge in [0.1, 0.15) is 5.84 Å². The Kier molecular flexibility index (Phi) is 5.05. The zero-order valence-corrected chi connectivity index (χ0v) is 13.7. The summed E-state index contributed by atoms with van der Waals surface area (Å²) in [7, 11) is 2.12. The summed E-state index contributed by atoms with van der Waals surface area (Å²) in [6.45, 7) is 10.5. The highest BCUT2D eigenvalue weighted by atomic mass is 15.4. The maximum atomic E-state index is 4.65. The lowest BCUT2D eigenvalue weighted by Crippen LogP contribution is -2.42. The largest absolute Gasteiger partial charge is 0.355 e. The Morgan fingerprint density at radius 2 is 2.05 bits per heavy atom. The van der Waals surface area contributed by atoms with E-state index in [1.165, 1.54) is 29.5 Å². The number of piperidine rings is 1. The number of rotatable bonds is 4. The molecule has 1 aliphatic heterocycles. The Hall–Kier alpha value is -1.77. The standard InChI is InChI=1S/C18H27N3/c1-13(2)17-7-6-8-18(21(17)5)20-19-15(4)16-11-9-14(3)10-12-16/h9-12,15,17,19H,1,6-8H2,2-5H3/b20-18-. The van der Waals surface area contributed by atoms with Gasteiger partial charge in [0.15, 0.2) is 0 Å². The van der Waals surface area contributed by atoms with Crippen LogP contribution in [0.1, 0.15) is 50.3 Å². The highest BCUT2D eigenvalue weighted by Crippen LogP contribution is 2.22. The zero-order chi connectivity index (χ0) is 15.4. The van der Waals surface area contributed by atoms with Crippen molar-refractivity contribution in [3.63, 3.8) is 0 Å². The number of hydrazone groups is 1. The van der Waals surface area contributed by atoms with Crippen LogP contribution in [0.3, 0.4) is 0 Å². The Bertz CT molecular complexity index is 516. The number of nitrogens with zero attached hydrogens (tertiary/aromatic N) is 2. The van der Waals surface area contributed by atoms with Crippen LogP contribution in [-0.4, -0.2) is 23.8 Å². The minimum absolute atomic E-state index is 0.219. The van der Waals surface area contributed by atoms with Gasteiger partial charge in [-0.2, -0.15) is 5.10 Å². The molecule has 21 heavy (non-hydrogen) atoms. The molecule has 114 valence electrons. The summed E-state index contributed by atoms with van der Waals surface area (Å²) >= 11 is 0. The normalized spacial score (nSPS) is 22.2. The molecular weight excluding hydrogens is 258 g/mol. The Morgan fingerprint density at radius 3 is 2.67 bits per heavy atom. The second kappa shape index (κ2) is 6.79. The summed E-state index contributed by atoms with van der Waals surface area (Å²) in [5.74, 6) is 1.13. The first-order valence-corrected chi connectivity index (χ1v) is 7.76. The van der Waals surface area contributed by atoms with E-state index >= 15 is 0 Å². The zero-order valence-electron chi connectivity index (χ0n) is 13.7. The van der Waals surface area contributed by atoms with Crippen LogP contribution in [0.25, 0.3) is 0 Å². The molecule has 1 aliphatic rings. The molecule has 3 heteroatoms. The third kappa shape index (κ3) is 3.87. The monoisotopic (exact) mass is 285 g/mol. The summed E-state index contributed by atoms with van der Waals surface area (Å²) in [6.07, 6.45) is 3.40. The van der Waals surface area contributed by atoms with Crippen LogP contribution in [0.15, 0.2) is 41.5 Å². The number of likely N-dealkylation sites (N-methyl/N-ethyl adjacent to an activating group) is 1. The lowest BCUT2D eigenvalue weighted by molar-refractivity contribution is 0.341. The Labute approximate surface area is 128 Å². The fourth-order valence-electron chi connectivity index (χ4n) is 2.82. The minimum Gasteiger partial charge on any atom is -0.355 e. The molecule has 3 nitrogen and oxygen atoms in total. The minimum atomic E-state index is 0.219. The molecule has 1 N–H and O–H groups in total. The van der Waals surface area contributed by atoms with Gasteiger partial charge >= 0.3 is 0 Å². The molecule has 2 unspecified atom stereocenters. The number of hydrogen-bond donors (Lipinski definition) is 1. The van der Waals surface area contributed by atoms with Gasteiger partial charge in [-0.05, 0) is 39.2 Å². The maximum absolute atomic E-state index is 4.65. The average Bonchev–Trinajstić information content (AvgIpc) is 2.46. The molecule has 2 rings (SSSR count). The van der Waals surface area contributed by atoms with Crippen molar-refractivity contribution in [2.75, 3.05) is 7.05 Å². The van der Waals surface area contributed by atoms with Gasteiger partial charge in [-0.1, -0.05) is 42.0 Å². The summed E-state index contributed by atoms with van der Waals surface area (Å²) in [5.41, 5.74) is 7.06. The lowest BCUT2D eigenvalue weighted by atomic mass is 9.97. The van der Waals surface area contributed by atoms with E-state index in [2.05, 4.69) is 74.1 Å². The smallest absolute Gasteiger partial charge is 0.125 e. The fraction of sp³-hybridized carbons (Fsp3) is 0.500. The molecule has 1 saturated heterocycles. The molecule has 0 bridgehead atoms. The molecule has 1 heterocycles. The number of hydrogen-bond acceptors (Lipinski definition) is 2. The highest BCUT2D eigenvalue weighted by molar-refractivity contribution is 5.83. The van der Waals surface area contributed by atoms with E-state index in [1.54, 1.807) is 0 Å². The van der Waals surface area contributed by atoms with Crippen LogP contribution in [0, 0.1) is 6.92 Å². The van der Waals surface area contributed by atoms with Crippen LogP contribution in [0.5, 0.6) is 0 Å². The summed E-state index contributed by atoms with van der Waals surface area (Å²) in [5, 5.41) is 4.65. The molecule has 1 fully saturated rings. The predicted molar refractivity (Wildman–Crippen MR) is 90.4 cm³/mol. The molecule has 0 aliphatic carbocycles. The van der Waals surface area contributed by atoms with Crippen molar-refractivity contribution in [1.29, 1.82) is 0 Å². The number of aryl methyl sites for hydroxylation is 1. The van der Waals surface area contributed by atoms with Gasteiger partial charge in [0.2, 0.25) is 0 Å². The average molecular weight is 285 g/mol. The van der Waals surface area contributed by atoms with Crippen LogP contribution in [-0.2, 0) is 0 Å². The molecule has 0 radical (unpaired) electrons. The van der Waals surface area contributed by atoms with E-state index in [0.717, 1.165) is 12.3 Å². The van der Waals surface area contributed by atoms with E-state index in [9.17, 15) is 0 Å². The summed E-state index contributed by atoms with van der Waals surface area (Å²) in [6, 6.07) is 9.25. The second-order valence-corrected chi connectivity index (χ2v) is 6.15. The van der Waals surface area contributed by atoms with Crippen LogP contribution in [0.2, 0.25) is 0 Å². The first-order chi connectivity index (χ1) is 9.99. The maximum Gasteiger partial charge on any atom is 0.125 e. The van der Waals surface area contributed by atoms with Crippen molar-refractivity contribution in [1.82, 2.24) is 10.3 Å². The quantitative estimate of drug-likeness (QED) is 0.668. The predicted octanol–water partition coefficient (Wildman–Crippen LogP) is 4.02. The van der Waals surface area contributed by atoms with Crippen molar-refractivity contribution >= 4 is 5.84 Å². The molecule has 0 amide bonds. The number of amidine groups is 1. The van der Waals surface area contributed by atoms with E-state index in [0.29, 0.717) is 6.04 Å². The van der Waals surface area contributed by atoms with Crippen molar-refractivity contribution in [2.45, 2.75) is 52.1 Å². The molecule has 1 aromatic carbocycles. The van der Waals surface area contributed by atoms with Crippen LogP contribution < -0.4 is 5.43 Å². The van der Waals surface area contributed by atoms with Gasteiger partial charge in [0, 0.05) is 13.5 Å². The van der Waals surface area contributed by atoms with E-state index in [4.69, 9.17) is 0 Å². The molecule has 2 atom stereocenters. The molecular formula is C18H27N3. The summed E-state index contributed by atoms with van der Waals surface area (Å²) in [4.78, 5) is 2.26. The topological polar surface area (TPSA) is 27.6 Å². The summed E-state index contributed by atoms with van der Waals surface area (Å²) < 4.78 is 0. The van der Waals surface area contributed by atoms with Gasteiger partial charge in [-0.3, -0.25) is 0 Å². The second-order valence-electron chi connectivity index (χ2n) is 6.15. The Morgan fingerprint density at radius 1 is 1.38 bits per heavy atom. The number of nitrogens with one attached hydrogen (secondary N) is 1. The Balaban J connectivity index is 2.02. The lowest BCUT2D eigenvalue weighted by Gasteiger charge is -2.35. The van der Waals surface area contributed by atoms with Crippen molar-refractivity contribution in [3.05, 3.63) is 47.5 Å². The fourth-order valence-corrected chi connectivity index (χ4v) is 2.82. The van der Waals surface area contributed by atoms with E-state index in [1.807, 2.05) is 0 Å². The van der Waals surface area contributed by atoms with Gasteiger partial charge in [0.05, 0.1) is 12.1 Å². The third-order valence-electron chi connectivity index (χ3n) is 4.29. The van der Waals surface area contributed by atoms with Crippen LogP contribution >= 0.6 is 0 Å². The van der Waals surface area contributed by atoms with E-state index in [-0.39, 0.29) is 6.04 Å². The van der Waals surface area contributed by atoms with Crippen molar-refractivity contribution in [3.8, 4) is 0 Å².